The molecule has 212 valence electrons. The molecule has 3 aromatic rings. The average molecular weight is 549 g/mol. The van der Waals surface area contributed by atoms with Crippen LogP contribution in [0, 0.1) is 5.92 Å². The normalized spacial score (nSPS) is 12.4. The third-order valence-corrected chi connectivity index (χ3v) is 6.24. The Morgan fingerprint density at radius 2 is 1.50 bits per heavy atom. The van der Waals surface area contributed by atoms with Gasteiger partial charge < -0.3 is 25.5 Å². The molecule has 2 aromatic carbocycles. The quantitative estimate of drug-likeness (QED) is 0.165. The number of nitrogens with one attached hydrogen (secondary N) is 3. The van der Waals surface area contributed by atoms with Crippen molar-refractivity contribution >= 4 is 23.7 Å². The molecule has 0 saturated heterocycles. The molecule has 0 radical (unpaired) electrons. The largest absolute Gasteiger partial charge is 0.465 e. The summed E-state index contributed by atoms with van der Waals surface area (Å²) < 4.78 is 5.34. The minimum Gasteiger partial charge on any atom is -0.465 e. The van der Waals surface area contributed by atoms with Gasteiger partial charge in [0.1, 0.15) is 12.3 Å². The molecule has 3 rings (SSSR count). The highest BCUT2D eigenvalue weighted by molar-refractivity contribution is 6.00. The lowest BCUT2D eigenvalue weighted by Gasteiger charge is -2.22. The fourth-order valence-corrected chi connectivity index (χ4v) is 4.22. The number of Topliss-reactive ketones (excluding diaryl/α,β-unsaturated/α-hetero) is 1. The number of carbonyl (C=O) groups excluding carboxylic acids is 3. The summed E-state index contributed by atoms with van der Waals surface area (Å²) in [5.41, 5.74) is 2.09. The molecule has 0 aliphatic carbocycles. The highest BCUT2D eigenvalue weighted by atomic mass is 16.4. The number of aryl methyl sites for hydroxylation is 2. The van der Waals surface area contributed by atoms with Crippen LogP contribution < -0.4 is 16.0 Å². The smallest absolute Gasteiger partial charge is 0.405 e. The minimum absolute atomic E-state index is 0.0292. The molecular weight excluding hydrogens is 512 g/mol. The molecule has 1 heterocycles. The minimum atomic E-state index is -1.33. The highest BCUT2D eigenvalue weighted by Crippen LogP contribution is 2.13. The Morgan fingerprint density at radius 1 is 0.875 bits per heavy atom. The van der Waals surface area contributed by atoms with E-state index in [4.69, 9.17) is 4.42 Å². The van der Waals surface area contributed by atoms with Crippen molar-refractivity contribution in [2.75, 3.05) is 6.54 Å². The van der Waals surface area contributed by atoms with Crippen molar-refractivity contribution in [3.63, 3.8) is 0 Å². The summed E-state index contributed by atoms with van der Waals surface area (Å²) in [5, 5.41) is 16.9. The second-order valence-electron chi connectivity index (χ2n) is 9.96. The van der Waals surface area contributed by atoms with Crippen molar-refractivity contribution in [2.24, 2.45) is 5.92 Å². The zero-order valence-electron chi connectivity index (χ0n) is 22.8. The Hall–Kier alpha value is -4.47. The van der Waals surface area contributed by atoms with Crippen molar-refractivity contribution < 1.29 is 28.7 Å². The molecule has 0 fully saturated rings. The van der Waals surface area contributed by atoms with Crippen molar-refractivity contribution in [1.29, 1.82) is 0 Å². The number of hydrogen-bond acceptors (Lipinski definition) is 6. The van der Waals surface area contributed by atoms with Gasteiger partial charge in [-0.3, -0.25) is 14.4 Å². The van der Waals surface area contributed by atoms with E-state index in [1.807, 2.05) is 74.5 Å². The maximum absolute atomic E-state index is 13.4. The SMILES string of the molecule is CC(C)CC(NC(=O)O)C(=O)NC(CCc1ccccc1)C(=O)c1nc(C(=O)NCCCc2ccccc2)co1. The summed E-state index contributed by atoms with van der Waals surface area (Å²) in [5.74, 6) is -1.97. The predicted octanol–water partition coefficient (Wildman–Crippen LogP) is 4.02. The van der Waals surface area contributed by atoms with Gasteiger partial charge in [-0.1, -0.05) is 74.5 Å². The molecule has 4 N–H and O–H groups in total. The van der Waals surface area contributed by atoms with E-state index in [0.717, 1.165) is 24.7 Å². The Labute approximate surface area is 233 Å². The third-order valence-electron chi connectivity index (χ3n) is 6.24. The number of amides is 3. The van der Waals surface area contributed by atoms with Crippen molar-refractivity contribution in [2.45, 2.75) is 58.0 Å². The third kappa shape index (κ3) is 9.68. The van der Waals surface area contributed by atoms with E-state index in [1.165, 1.54) is 5.56 Å². The van der Waals surface area contributed by atoms with E-state index in [2.05, 4.69) is 20.9 Å². The van der Waals surface area contributed by atoms with Crippen LogP contribution in [0.3, 0.4) is 0 Å². The zero-order valence-corrected chi connectivity index (χ0v) is 22.8. The number of rotatable bonds is 15. The topological polar surface area (TPSA) is 151 Å². The van der Waals surface area contributed by atoms with Crippen LogP contribution >= 0.6 is 0 Å². The molecule has 2 unspecified atom stereocenters. The van der Waals surface area contributed by atoms with E-state index in [1.54, 1.807) is 0 Å². The molecule has 2 atom stereocenters. The first-order valence-corrected chi connectivity index (χ1v) is 13.4. The second-order valence-corrected chi connectivity index (χ2v) is 9.96. The van der Waals surface area contributed by atoms with Gasteiger partial charge in [-0.2, -0.15) is 0 Å². The van der Waals surface area contributed by atoms with Crippen LogP contribution in [0.1, 0.15) is 65.4 Å². The van der Waals surface area contributed by atoms with Crippen LogP contribution in [0.2, 0.25) is 0 Å². The summed E-state index contributed by atoms with van der Waals surface area (Å²) in [6, 6.07) is 17.3. The number of nitrogens with zero attached hydrogens (tertiary/aromatic N) is 1. The number of hydrogen-bond donors (Lipinski definition) is 4. The van der Waals surface area contributed by atoms with Crippen molar-refractivity contribution in [3.8, 4) is 0 Å². The van der Waals surface area contributed by atoms with Crippen LogP contribution in [-0.2, 0) is 17.6 Å². The van der Waals surface area contributed by atoms with Crippen LogP contribution in [0.25, 0.3) is 0 Å². The molecule has 3 amide bonds. The lowest BCUT2D eigenvalue weighted by molar-refractivity contribution is -0.124. The van der Waals surface area contributed by atoms with Crippen LogP contribution in [0.15, 0.2) is 71.3 Å². The van der Waals surface area contributed by atoms with Crippen LogP contribution in [0.4, 0.5) is 4.79 Å². The van der Waals surface area contributed by atoms with E-state index < -0.39 is 35.8 Å². The molecule has 0 bridgehead atoms. The van der Waals surface area contributed by atoms with Crippen molar-refractivity contribution in [1.82, 2.24) is 20.9 Å². The van der Waals surface area contributed by atoms with Gasteiger partial charge in [-0.25, -0.2) is 9.78 Å². The zero-order chi connectivity index (χ0) is 28.9. The first-order valence-electron chi connectivity index (χ1n) is 13.4. The number of benzene rings is 2. The van der Waals surface area contributed by atoms with Crippen LogP contribution in [0.5, 0.6) is 0 Å². The first kappa shape index (κ1) is 30.1. The van der Waals surface area contributed by atoms with Gasteiger partial charge >= 0.3 is 6.09 Å². The van der Waals surface area contributed by atoms with Crippen LogP contribution in [-0.4, -0.2) is 52.4 Å². The van der Waals surface area contributed by atoms with Gasteiger partial charge in [0.15, 0.2) is 5.69 Å². The first-order chi connectivity index (χ1) is 19.2. The lowest BCUT2D eigenvalue weighted by atomic mass is 9.99. The molecule has 0 aliphatic heterocycles. The number of aromatic nitrogens is 1. The molecule has 0 saturated carbocycles. The number of carbonyl (C=O) groups is 4. The molecular formula is C30H36N4O6. The van der Waals surface area contributed by atoms with Gasteiger partial charge in [-0.05, 0) is 49.1 Å². The number of oxazole rings is 1. The summed E-state index contributed by atoms with van der Waals surface area (Å²) in [6.45, 7) is 4.15. The molecule has 0 spiro atoms. The van der Waals surface area contributed by atoms with E-state index in [0.29, 0.717) is 13.0 Å². The van der Waals surface area contributed by atoms with E-state index >= 15 is 0 Å². The number of carboxylic acid groups (broad SMARTS) is 1. The standard InChI is InChI=1S/C30H36N4O6/c1-20(2)18-24(34-30(38)39)28(37)32-23(16-15-22-12-7-4-8-13-22)26(35)29-33-25(19-40-29)27(36)31-17-9-14-21-10-5-3-6-11-21/h3-8,10-13,19-20,23-24,34H,9,14-18H2,1-2H3,(H,31,36)(H,32,37)(H,38,39). The summed E-state index contributed by atoms with van der Waals surface area (Å²) in [7, 11) is 0. The maximum Gasteiger partial charge on any atom is 0.405 e. The average Bonchev–Trinajstić information content (AvgIpc) is 3.44. The Morgan fingerprint density at radius 3 is 2.10 bits per heavy atom. The van der Waals surface area contributed by atoms with Crippen molar-refractivity contribution in [3.05, 3.63) is 89.6 Å². The Balaban J connectivity index is 1.66. The monoisotopic (exact) mass is 548 g/mol. The highest BCUT2D eigenvalue weighted by Gasteiger charge is 2.30. The molecule has 1 aromatic heterocycles. The van der Waals surface area contributed by atoms with Gasteiger partial charge in [0.05, 0.1) is 6.04 Å². The van der Waals surface area contributed by atoms with Gasteiger partial charge in [0.2, 0.25) is 11.7 Å². The predicted molar refractivity (Wildman–Crippen MR) is 149 cm³/mol. The van der Waals surface area contributed by atoms with Gasteiger partial charge in [0.25, 0.3) is 11.8 Å². The van der Waals surface area contributed by atoms with Gasteiger partial charge in [0, 0.05) is 6.54 Å². The fraction of sp³-hybridized carbons (Fsp3) is 0.367. The van der Waals surface area contributed by atoms with Gasteiger partial charge in [-0.15, -0.1) is 0 Å². The maximum atomic E-state index is 13.4. The summed E-state index contributed by atoms with van der Waals surface area (Å²) in [6.07, 6.45) is 2.26. The summed E-state index contributed by atoms with van der Waals surface area (Å²) in [4.78, 5) is 54.3. The number of ketones is 1. The molecule has 10 nitrogen and oxygen atoms in total. The fourth-order valence-electron chi connectivity index (χ4n) is 4.22. The molecule has 10 heteroatoms. The Kier molecular flexibility index (Phi) is 11.4. The lowest BCUT2D eigenvalue weighted by Crippen LogP contribution is -2.52. The molecule has 0 aliphatic rings. The van der Waals surface area contributed by atoms with E-state index in [-0.39, 0.29) is 30.3 Å². The second kappa shape index (κ2) is 15.2. The van der Waals surface area contributed by atoms with E-state index in [9.17, 15) is 24.3 Å². The Bertz CT molecular complexity index is 1260. The summed E-state index contributed by atoms with van der Waals surface area (Å²) >= 11 is 0. The molecule has 40 heavy (non-hydrogen) atoms.